The van der Waals surface area contributed by atoms with Gasteiger partial charge in [-0.15, -0.1) is 0 Å². The Kier molecular flexibility index (Phi) is 11.0. The Hall–Kier alpha value is -1.42. The lowest BCUT2D eigenvalue weighted by Crippen LogP contribution is -2.53. The summed E-state index contributed by atoms with van der Waals surface area (Å²) in [6.07, 6.45) is 1.21. The van der Waals surface area contributed by atoms with Crippen LogP contribution in [0.5, 0.6) is 0 Å². The van der Waals surface area contributed by atoms with Gasteiger partial charge in [0.25, 0.3) is 0 Å². The fourth-order valence-electron chi connectivity index (χ4n) is 3.43. The maximum absolute atomic E-state index is 13.7. The van der Waals surface area contributed by atoms with Crippen molar-refractivity contribution >= 4 is 85.5 Å². The Labute approximate surface area is 236 Å². The van der Waals surface area contributed by atoms with E-state index in [1.54, 1.807) is 39.0 Å². The number of anilines is 1. The van der Waals surface area contributed by atoms with E-state index in [9.17, 15) is 18.0 Å². The molecule has 36 heavy (non-hydrogen) atoms. The van der Waals surface area contributed by atoms with E-state index in [1.807, 2.05) is 0 Å². The van der Waals surface area contributed by atoms with Crippen molar-refractivity contribution in [2.24, 2.45) is 0 Å². The lowest BCUT2D eigenvalue weighted by molar-refractivity contribution is -0.140. The lowest BCUT2D eigenvalue weighted by Gasteiger charge is -2.33. The molecule has 1 N–H and O–H groups in total. The van der Waals surface area contributed by atoms with Crippen LogP contribution in [0.15, 0.2) is 30.3 Å². The van der Waals surface area contributed by atoms with Gasteiger partial charge in [0.05, 0.1) is 37.1 Å². The highest BCUT2D eigenvalue weighted by molar-refractivity contribution is 7.92. The Morgan fingerprint density at radius 2 is 1.50 bits per heavy atom. The van der Waals surface area contributed by atoms with Crippen LogP contribution < -0.4 is 9.62 Å². The van der Waals surface area contributed by atoms with Gasteiger partial charge in [0.15, 0.2) is 0 Å². The van der Waals surface area contributed by atoms with E-state index in [0.717, 1.165) is 10.6 Å². The molecule has 0 radical (unpaired) electrons. The molecule has 2 aromatic carbocycles. The van der Waals surface area contributed by atoms with Gasteiger partial charge in [-0.05, 0) is 50.1 Å². The van der Waals surface area contributed by atoms with Gasteiger partial charge in [-0.2, -0.15) is 0 Å². The van der Waals surface area contributed by atoms with Crippen LogP contribution in [0.25, 0.3) is 0 Å². The predicted molar refractivity (Wildman–Crippen MR) is 148 cm³/mol. The van der Waals surface area contributed by atoms with Crippen molar-refractivity contribution in [3.8, 4) is 0 Å². The highest BCUT2D eigenvalue weighted by Crippen LogP contribution is 2.35. The van der Waals surface area contributed by atoms with E-state index in [1.165, 1.54) is 17.0 Å². The molecule has 0 aliphatic rings. The third-order valence-electron chi connectivity index (χ3n) is 5.09. The van der Waals surface area contributed by atoms with Crippen molar-refractivity contribution in [2.75, 3.05) is 17.1 Å². The maximum Gasteiger partial charge on any atom is 0.244 e. The second kappa shape index (κ2) is 12.9. The van der Waals surface area contributed by atoms with Gasteiger partial charge < -0.3 is 10.2 Å². The molecule has 0 saturated carbocycles. The van der Waals surface area contributed by atoms with Gasteiger partial charge >= 0.3 is 0 Å². The van der Waals surface area contributed by atoms with Crippen LogP contribution in [0.1, 0.15) is 32.8 Å². The summed E-state index contributed by atoms with van der Waals surface area (Å²) in [4.78, 5) is 28.0. The van der Waals surface area contributed by atoms with E-state index >= 15 is 0 Å². The molecule has 0 saturated heterocycles. The first kappa shape index (κ1) is 30.8. The normalized spacial score (nSPS) is 12.4. The van der Waals surface area contributed by atoms with Crippen LogP contribution in [0.2, 0.25) is 25.1 Å². The summed E-state index contributed by atoms with van der Waals surface area (Å²) in [5.41, 5.74) is 0.586. The van der Waals surface area contributed by atoms with E-state index < -0.39 is 28.5 Å². The minimum Gasteiger partial charge on any atom is -0.352 e. The topological polar surface area (TPSA) is 86.8 Å². The molecule has 2 amide bonds. The number of carbonyl (C=O) groups excluding carboxylic acids is 2. The number of hydrogen-bond acceptors (Lipinski definition) is 4. The number of nitrogens with zero attached hydrogens (tertiary/aromatic N) is 2. The highest BCUT2D eigenvalue weighted by atomic mass is 35.5. The molecule has 1 unspecified atom stereocenters. The SMILES string of the molecule is CCC(C(=O)NC(C)C)N(Cc1ccc(Cl)c(Cl)c1)C(=O)CN(c1cc(Cl)c(Cl)cc1Cl)S(C)(=O)=O. The molecule has 2 rings (SSSR count). The predicted octanol–water partition coefficient (Wildman–Crippen LogP) is 6.05. The Morgan fingerprint density at radius 3 is 2.03 bits per heavy atom. The van der Waals surface area contributed by atoms with Crippen molar-refractivity contribution in [1.82, 2.24) is 10.2 Å². The molecule has 2 aromatic rings. The molecule has 0 aliphatic carbocycles. The zero-order valence-electron chi connectivity index (χ0n) is 20.0. The molecule has 0 heterocycles. The first-order valence-corrected chi connectivity index (χ1v) is 14.6. The summed E-state index contributed by atoms with van der Waals surface area (Å²) < 4.78 is 26.2. The van der Waals surface area contributed by atoms with Crippen molar-refractivity contribution < 1.29 is 18.0 Å². The van der Waals surface area contributed by atoms with Crippen LogP contribution in [0.3, 0.4) is 0 Å². The van der Waals surface area contributed by atoms with Gasteiger partial charge in [-0.1, -0.05) is 71.0 Å². The number of carbonyl (C=O) groups is 2. The monoisotopic (exact) mass is 615 g/mol. The van der Waals surface area contributed by atoms with Gasteiger partial charge in [-0.3, -0.25) is 13.9 Å². The summed E-state index contributed by atoms with van der Waals surface area (Å²) in [6.45, 7) is 4.69. The van der Waals surface area contributed by atoms with Gasteiger partial charge in [-0.25, -0.2) is 8.42 Å². The molecule has 0 aromatic heterocycles. The van der Waals surface area contributed by atoms with Crippen molar-refractivity contribution in [2.45, 2.75) is 45.8 Å². The van der Waals surface area contributed by atoms with E-state index in [2.05, 4.69) is 5.32 Å². The number of halogens is 5. The van der Waals surface area contributed by atoms with E-state index in [4.69, 9.17) is 58.0 Å². The number of benzene rings is 2. The molecular formula is C23H26Cl5N3O4S. The van der Waals surface area contributed by atoms with Crippen molar-refractivity contribution in [3.05, 3.63) is 61.0 Å². The van der Waals surface area contributed by atoms with Crippen molar-refractivity contribution in [3.63, 3.8) is 0 Å². The standard InChI is InChI=1S/C23H26Cl5N3O4S/c1-5-20(23(33)29-13(2)3)30(11-14-6-7-15(24)16(25)8-14)22(32)12-31(36(4,34)35)21-10-18(27)17(26)9-19(21)28/h6-10,13,20H,5,11-12H2,1-4H3,(H,29,33). The Morgan fingerprint density at radius 1 is 0.917 bits per heavy atom. The number of amides is 2. The van der Waals surface area contributed by atoms with Gasteiger partial charge in [0, 0.05) is 12.6 Å². The summed E-state index contributed by atoms with van der Waals surface area (Å²) >= 11 is 30.5. The molecule has 13 heteroatoms. The molecule has 1 atom stereocenters. The molecule has 0 spiro atoms. The molecule has 0 aliphatic heterocycles. The van der Waals surface area contributed by atoms with Crippen LogP contribution in [0, 0.1) is 0 Å². The summed E-state index contributed by atoms with van der Waals surface area (Å²) in [5.74, 6) is -1.02. The first-order chi connectivity index (χ1) is 16.6. The number of rotatable bonds is 10. The molecule has 0 bridgehead atoms. The summed E-state index contributed by atoms with van der Waals surface area (Å²) in [6, 6.07) is 6.34. The fourth-order valence-corrected chi connectivity index (χ4v) is 5.30. The summed E-state index contributed by atoms with van der Waals surface area (Å²) in [7, 11) is -3.99. The maximum atomic E-state index is 13.7. The zero-order chi connectivity index (χ0) is 27.4. The van der Waals surface area contributed by atoms with E-state index in [-0.39, 0.29) is 50.7 Å². The smallest absolute Gasteiger partial charge is 0.244 e. The lowest BCUT2D eigenvalue weighted by atomic mass is 10.1. The Balaban J connectivity index is 2.53. The van der Waals surface area contributed by atoms with Crippen molar-refractivity contribution in [1.29, 1.82) is 0 Å². The summed E-state index contributed by atoms with van der Waals surface area (Å²) in [5, 5.41) is 3.60. The van der Waals surface area contributed by atoms with Gasteiger partial charge in [0.1, 0.15) is 12.6 Å². The molecule has 7 nitrogen and oxygen atoms in total. The first-order valence-electron chi connectivity index (χ1n) is 10.8. The van der Waals surface area contributed by atoms with Crippen LogP contribution in [-0.4, -0.2) is 50.0 Å². The van der Waals surface area contributed by atoms with Crippen LogP contribution in [0.4, 0.5) is 5.69 Å². The number of nitrogens with one attached hydrogen (secondary N) is 1. The quantitative estimate of drug-likeness (QED) is 0.329. The second-order valence-electron chi connectivity index (χ2n) is 8.34. The average molecular weight is 618 g/mol. The zero-order valence-corrected chi connectivity index (χ0v) is 24.6. The van der Waals surface area contributed by atoms with Crippen LogP contribution in [-0.2, 0) is 26.2 Å². The van der Waals surface area contributed by atoms with E-state index in [0.29, 0.717) is 10.6 Å². The molecule has 0 fully saturated rings. The molecule has 198 valence electrons. The largest absolute Gasteiger partial charge is 0.352 e. The minimum absolute atomic E-state index is 0.0109. The van der Waals surface area contributed by atoms with Gasteiger partial charge in [0.2, 0.25) is 21.8 Å². The third kappa shape index (κ3) is 8.04. The molecular weight excluding hydrogens is 592 g/mol. The minimum atomic E-state index is -3.99. The number of hydrogen-bond donors (Lipinski definition) is 1. The number of sulfonamides is 1. The highest BCUT2D eigenvalue weighted by Gasteiger charge is 2.32. The third-order valence-corrected chi connectivity index (χ3v) is 7.98. The Bertz CT molecular complexity index is 1240. The average Bonchev–Trinajstić information content (AvgIpc) is 2.75. The second-order valence-corrected chi connectivity index (χ2v) is 12.3. The fraction of sp³-hybridized carbons (Fsp3) is 0.391. The van der Waals surface area contributed by atoms with Crippen LogP contribution >= 0.6 is 58.0 Å².